The standard InChI is InChI=1S/C16H26N2O3/c19-14-4-9-18(12-13-5-10-21-11-6-13)15(20)16(17-14)7-2-1-3-8-16/h13H,1-12H2,(H,17,19). The minimum absolute atomic E-state index is 0.0414. The summed E-state index contributed by atoms with van der Waals surface area (Å²) in [4.78, 5) is 27.0. The second-order valence-corrected chi connectivity index (χ2v) is 6.75. The first-order valence-corrected chi connectivity index (χ1v) is 8.38. The fourth-order valence-electron chi connectivity index (χ4n) is 3.93. The van der Waals surface area contributed by atoms with E-state index in [4.69, 9.17) is 4.74 Å². The van der Waals surface area contributed by atoms with Crippen molar-refractivity contribution in [2.45, 2.75) is 56.9 Å². The lowest BCUT2D eigenvalue weighted by atomic mass is 9.80. The summed E-state index contributed by atoms with van der Waals surface area (Å²) in [7, 11) is 0. The molecule has 0 unspecified atom stereocenters. The number of amides is 2. The van der Waals surface area contributed by atoms with Gasteiger partial charge in [0.2, 0.25) is 11.8 Å². The third-order valence-electron chi connectivity index (χ3n) is 5.21. The van der Waals surface area contributed by atoms with Crippen LogP contribution in [-0.2, 0) is 14.3 Å². The van der Waals surface area contributed by atoms with E-state index in [1.807, 2.05) is 4.90 Å². The van der Waals surface area contributed by atoms with Crippen molar-refractivity contribution in [3.63, 3.8) is 0 Å². The molecule has 0 bridgehead atoms. The zero-order chi connectivity index (χ0) is 14.7. The maximum Gasteiger partial charge on any atom is 0.248 e. The van der Waals surface area contributed by atoms with Gasteiger partial charge in [-0.2, -0.15) is 0 Å². The average molecular weight is 294 g/mol. The van der Waals surface area contributed by atoms with Crippen LogP contribution in [0.5, 0.6) is 0 Å². The fraction of sp³-hybridized carbons (Fsp3) is 0.875. The number of nitrogens with one attached hydrogen (secondary N) is 1. The van der Waals surface area contributed by atoms with Crippen molar-refractivity contribution in [3.8, 4) is 0 Å². The summed E-state index contributed by atoms with van der Waals surface area (Å²) in [6.07, 6.45) is 7.36. The Labute approximate surface area is 126 Å². The highest BCUT2D eigenvalue weighted by Crippen LogP contribution is 2.32. The van der Waals surface area contributed by atoms with E-state index in [1.54, 1.807) is 0 Å². The Hall–Kier alpha value is -1.10. The number of nitrogens with zero attached hydrogens (tertiary/aromatic N) is 1. The molecule has 1 saturated carbocycles. The Morgan fingerprint density at radius 1 is 1.14 bits per heavy atom. The van der Waals surface area contributed by atoms with Gasteiger partial charge in [-0.25, -0.2) is 0 Å². The van der Waals surface area contributed by atoms with Crippen molar-refractivity contribution in [1.82, 2.24) is 10.2 Å². The first-order valence-electron chi connectivity index (χ1n) is 8.38. The fourth-order valence-corrected chi connectivity index (χ4v) is 3.93. The predicted octanol–water partition coefficient (Wildman–Crippen LogP) is 1.46. The molecule has 5 nitrogen and oxygen atoms in total. The minimum atomic E-state index is -0.600. The third kappa shape index (κ3) is 3.23. The Balaban J connectivity index is 1.72. The molecule has 0 radical (unpaired) electrons. The second kappa shape index (κ2) is 6.34. The van der Waals surface area contributed by atoms with E-state index in [1.165, 1.54) is 6.42 Å². The number of hydrogen-bond donors (Lipinski definition) is 1. The molecule has 0 aromatic rings. The van der Waals surface area contributed by atoms with Gasteiger partial charge in [0, 0.05) is 32.7 Å². The Morgan fingerprint density at radius 2 is 1.86 bits per heavy atom. The number of rotatable bonds is 2. The van der Waals surface area contributed by atoms with Gasteiger partial charge >= 0.3 is 0 Å². The predicted molar refractivity (Wildman–Crippen MR) is 78.7 cm³/mol. The quantitative estimate of drug-likeness (QED) is 0.839. The van der Waals surface area contributed by atoms with Crippen molar-refractivity contribution >= 4 is 11.8 Å². The Morgan fingerprint density at radius 3 is 2.57 bits per heavy atom. The van der Waals surface area contributed by atoms with Gasteiger partial charge in [0.1, 0.15) is 5.54 Å². The van der Waals surface area contributed by atoms with Crippen molar-refractivity contribution in [2.24, 2.45) is 5.92 Å². The molecule has 3 fully saturated rings. The van der Waals surface area contributed by atoms with Crippen LogP contribution in [0.25, 0.3) is 0 Å². The maximum atomic E-state index is 13.0. The highest BCUT2D eigenvalue weighted by atomic mass is 16.5. The molecule has 2 heterocycles. The summed E-state index contributed by atoms with van der Waals surface area (Å²) >= 11 is 0. The summed E-state index contributed by atoms with van der Waals surface area (Å²) in [5, 5.41) is 3.06. The first-order chi connectivity index (χ1) is 10.2. The van der Waals surface area contributed by atoms with Gasteiger partial charge in [0.05, 0.1) is 0 Å². The van der Waals surface area contributed by atoms with Crippen LogP contribution in [0.2, 0.25) is 0 Å². The summed E-state index contributed by atoms with van der Waals surface area (Å²) in [6.45, 7) is 2.96. The van der Waals surface area contributed by atoms with Gasteiger partial charge in [0.15, 0.2) is 0 Å². The van der Waals surface area contributed by atoms with Crippen molar-refractivity contribution in [2.75, 3.05) is 26.3 Å². The molecule has 2 aliphatic heterocycles. The first kappa shape index (κ1) is 14.8. The third-order valence-corrected chi connectivity index (χ3v) is 5.21. The van der Waals surface area contributed by atoms with Gasteiger partial charge in [0.25, 0.3) is 0 Å². The summed E-state index contributed by atoms with van der Waals surface area (Å²) < 4.78 is 5.40. The van der Waals surface area contributed by atoms with Crippen LogP contribution < -0.4 is 5.32 Å². The van der Waals surface area contributed by atoms with E-state index in [-0.39, 0.29) is 11.8 Å². The summed E-state index contributed by atoms with van der Waals surface area (Å²) in [5.74, 6) is 0.732. The van der Waals surface area contributed by atoms with Gasteiger partial charge in [-0.15, -0.1) is 0 Å². The van der Waals surface area contributed by atoms with Crippen LogP contribution in [0, 0.1) is 5.92 Å². The molecule has 3 aliphatic rings. The monoisotopic (exact) mass is 294 g/mol. The molecule has 2 amide bonds. The van der Waals surface area contributed by atoms with Crippen LogP contribution >= 0.6 is 0 Å². The van der Waals surface area contributed by atoms with Crippen molar-refractivity contribution in [3.05, 3.63) is 0 Å². The lowest BCUT2D eigenvalue weighted by molar-refractivity contribution is -0.141. The Bertz CT molecular complexity index is 398. The van der Waals surface area contributed by atoms with Crippen molar-refractivity contribution < 1.29 is 14.3 Å². The number of ether oxygens (including phenoxy) is 1. The second-order valence-electron chi connectivity index (χ2n) is 6.75. The largest absolute Gasteiger partial charge is 0.381 e. The highest BCUT2D eigenvalue weighted by Gasteiger charge is 2.45. The van der Waals surface area contributed by atoms with Crippen LogP contribution in [-0.4, -0.2) is 48.6 Å². The topological polar surface area (TPSA) is 58.6 Å². The zero-order valence-electron chi connectivity index (χ0n) is 12.7. The number of carbonyl (C=O) groups excluding carboxylic acids is 2. The lowest BCUT2D eigenvalue weighted by Crippen LogP contribution is -2.58. The average Bonchev–Trinajstić information content (AvgIpc) is 2.62. The summed E-state index contributed by atoms with van der Waals surface area (Å²) in [5.41, 5.74) is -0.600. The maximum absolute atomic E-state index is 13.0. The highest BCUT2D eigenvalue weighted by molar-refractivity contribution is 5.93. The lowest BCUT2D eigenvalue weighted by Gasteiger charge is -2.39. The molecule has 0 aromatic heterocycles. The molecule has 2 saturated heterocycles. The zero-order valence-corrected chi connectivity index (χ0v) is 12.7. The van der Waals surface area contributed by atoms with E-state index in [0.717, 1.165) is 58.3 Å². The van der Waals surface area contributed by atoms with Gasteiger partial charge in [-0.05, 0) is 31.6 Å². The van der Waals surface area contributed by atoms with Crippen LogP contribution in [0.3, 0.4) is 0 Å². The minimum Gasteiger partial charge on any atom is -0.381 e. The molecular weight excluding hydrogens is 268 g/mol. The van der Waals surface area contributed by atoms with Gasteiger partial charge < -0.3 is 15.0 Å². The Kier molecular flexibility index (Phi) is 4.48. The number of carbonyl (C=O) groups is 2. The summed E-state index contributed by atoms with van der Waals surface area (Å²) in [6, 6.07) is 0. The van der Waals surface area contributed by atoms with Crippen LogP contribution in [0.4, 0.5) is 0 Å². The molecule has 3 rings (SSSR count). The molecule has 1 aliphatic carbocycles. The molecule has 1 N–H and O–H groups in total. The van der Waals surface area contributed by atoms with Gasteiger partial charge in [-0.3, -0.25) is 9.59 Å². The smallest absolute Gasteiger partial charge is 0.248 e. The van der Waals surface area contributed by atoms with E-state index >= 15 is 0 Å². The molecule has 1 spiro atoms. The van der Waals surface area contributed by atoms with E-state index in [2.05, 4.69) is 5.32 Å². The van der Waals surface area contributed by atoms with E-state index < -0.39 is 5.54 Å². The van der Waals surface area contributed by atoms with Crippen LogP contribution in [0.1, 0.15) is 51.4 Å². The van der Waals surface area contributed by atoms with Crippen molar-refractivity contribution in [1.29, 1.82) is 0 Å². The molecule has 0 atom stereocenters. The van der Waals surface area contributed by atoms with Gasteiger partial charge in [-0.1, -0.05) is 19.3 Å². The molecule has 5 heteroatoms. The molecular formula is C16H26N2O3. The number of hydrogen-bond acceptors (Lipinski definition) is 3. The molecule has 118 valence electrons. The molecule has 21 heavy (non-hydrogen) atoms. The normalized spacial score (nSPS) is 27.5. The van der Waals surface area contributed by atoms with E-state index in [9.17, 15) is 9.59 Å². The van der Waals surface area contributed by atoms with E-state index in [0.29, 0.717) is 18.9 Å². The van der Waals surface area contributed by atoms with Crippen LogP contribution in [0.15, 0.2) is 0 Å². The SMILES string of the molecule is O=C1CCN(CC2CCOCC2)C(=O)C2(CCCCC2)N1. The molecule has 0 aromatic carbocycles.